The molecule has 0 bridgehead atoms. The largest absolute Gasteiger partial charge is 0.489 e. The Labute approximate surface area is 173 Å². The van der Waals surface area contributed by atoms with Gasteiger partial charge in [0.25, 0.3) is 5.91 Å². The molecule has 0 saturated carbocycles. The van der Waals surface area contributed by atoms with Crippen molar-refractivity contribution in [2.24, 2.45) is 5.10 Å². The van der Waals surface area contributed by atoms with Crippen molar-refractivity contribution in [1.29, 1.82) is 0 Å². The summed E-state index contributed by atoms with van der Waals surface area (Å²) < 4.78 is 11.3. The number of nitrogens with zero attached hydrogens (tertiary/aromatic N) is 3. The summed E-state index contributed by atoms with van der Waals surface area (Å²) >= 11 is 1.64. The maximum atomic E-state index is 13.4. The molecule has 0 saturated heterocycles. The van der Waals surface area contributed by atoms with Gasteiger partial charge in [-0.2, -0.15) is 5.10 Å². The van der Waals surface area contributed by atoms with Crippen LogP contribution in [-0.4, -0.2) is 35.8 Å². The normalized spacial score (nSPS) is 20.9. The molecule has 148 valence electrons. The predicted molar refractivity (Wildman–Crippen MR) is 113 cm³/mol. The molecule has 2 aromatic heterocycles. The Kier molecular flexibility index (Phi) is 4.60. The zero-order chi connectivity index (χ0) is 19.8. The van der Waals surface area contributed by atoms with E-state index in [1.165, 1.54) is 0 Å². The average molecular weight is 407 g/mol. The van der Waals surface area contributed by atoms with Crippen LogP contribution in [0.1, 0.15) is 30.0 Å². The maximum Gasteiger partial charge on any atom is 0.262 e. The van der Waals surface area contributed by atoms with Crippen molar-refractivity contribution in [1.82, 2.24) is 5.01 Å². The van der Waals surface area contributed by atoms with Crippen LogP contribution in [0.15, 0.2) is 69.7 Å². The molecule has 0 unspecified atom stereocenters. The van der Waals surface area contributed by atoms with Crippen LogP contribution in [0.5, 0.6) is 5.75 Å². The molecule has 2 aliphatic rings. The number of para-hydroxylation sites is 2. The third-order valence-electron chi connectivity index (χ3n) is 5.34. The summed E-state index contributed by atoms with van der Waals surface area (Å²) in [6.45, 7) is 2.87. The molecule has 1 amide bonds. The summed E-state index contributed by atoms with van der Waals surface area (Å²) in [5.41, 5.74) is 1.75. The van der Waals surface area contributed by atoms with Crippen molar-refractivity contribution < 1.29 is 13.9 Å². The highest BCUT2D eigenvalue weighted by Crippen LogP contribution is 2.37. The molecule has 3 aromatic rings. The van der Waals surface area contributed by atoms with E-state index in [1.54, 1.807) is 22.6 Å². The second-order valence-electron chi connectivity index (χ2n) is 7.25. The van der Waals surface area contributed by atoms with Gasteiger partial charge in [0.05, 0.1) is 30.6 Å². The van der Waals surface area contributed by atoms with Gasteiger partial charge in [-0.15, -0.1) is 11.3 Å². The molecule has 0 spiro atoms. The number of rotatable bonds is 4. The van der Waals surface area contributed by atoms with Crippen molar-refractivity contribution >= 4 is 28.6 Å². The summed E-state index contributed by atoms with van der Waals surface area (Å²) in [4.78, 5) is 16.6. The van der Waals surface area contributed by atoms with Gasteiger partial charge in [-0.25, -0.2) is 5.01 Å². The van der Waals surface area contributed by atoms with Crippen molar-refractivity contribution in [2.75, 3.05) is 18.1 Å². The third-order valence-corrected chi connectivity index (χ3v) is 6.31. The van der Waals surface area contributed by atoms with Crippen molar-refractivity contribution in [3.8, 4) is 5.75 Å². The van der Waals surface area contributed by atoms with Crippen LogP contribution >= 0.6 is 11.3 Å². The second-order valence-corrected chi connectivity index (χ2v) is 8.23. The summed E-state index contributed by atoms with van der Waals surface area (Å²) in [6.07, 6.45) is 2.28. The molecule has 0 aliphatic carbocycles. The lowest BCUT2D eigenvalue weighted by molar-refractivity contribution is -0.131. The van der Waals surface area contributed by atoms with Gasteiger partial charge in [0.2, 0.25) is 0 Å². The fourth-order valence-corrected chi connectivity index (χ4v) is 4.66. The Morgan fingerprint density at radius 3 is 2.90 bits per heavy atom. The van der Waals surface area contributed by atoms with Crippen LogP contribution in [0, 0.1) is 0 Å². The molecule has 1 aromatic carbocycles. The van der Waals surface area contributed by atoms with E-state index in [2.05, 4.69) is 23.0 Å². The zero-order valence-corrected chi connectivity index (χ0v) is 16.8. The Morgan fingerprint density at radius 1 is 1.21 bits per heavy atom. The van der Waals surface area contributed by atoms with Crippen LogP contribution < -0.4 is 9.64 Å². The van der Waals surface area contributed by atoms with Crippen LogP contribution in [0.4, 0.5) is 5.69 Å². The minimum Gasteiger partial charge on any atom is -0.489 e. The lowest BCUT2D eigenvalue weighted by atomic mass is 10.1. The number of amides is 1. The van der Waals surface area contributed by atoms with E-state index < -0.39 is 0 Å². The number of fused-ring (bicyclic) bond motifs is 1. The molecule has 7 heteroatoms. The number of carbonyl (C=O) groups excluding carboxylic acids is 1. The van der Waals surface area contributed by atoms with E-state index in [1.807, 2.05) is 47.8 Å². The SMILES string of the molecule is C[C@H]1COc2ccccc2N1CC(=O)N1N=C(c2ccco2)C[C@@H]1c1cccs1. The highest BCUT2D eigenvalue weighted by molar-refractivity contribution is 7.10. The fraction of sp³-hybridized carbons (Fsp3) is 0.273. The first-order valence-corrected chi connectivity index (χ1v) is 10.5. The number of anilines is 1. The van der Waals surface area contributed by atoms with E-state index in [0.29, 0.717) is 18.8 Å². The Balaban J connectivity index is 1.44. The zero-order valence-electron chi connectivity index (χ0n) is 16.0. The predicted octanol–water partition coefficient (Wildman–Crippen LogP) is 4.31. The summed E-state index contributed by atoms with van der Waals surface area (Å²) in [5.74, 6) is 1.50. The highest BCUT2D eigenvalue weighted by Gasteiger charge is 2.36. The van der Waals surface area contributed by atoms with E-state index in [4.69, 9.17) is 9.15 Å². The number of benzene rings is 1. The molecule has 5 rings (SSSR count). The fourth-order valence-electron chi connectivity index (χ4n) is 3.85. The van der Waals surface area contributed by atoms with Crippen LogP contribution in [-0.2, 0) is 4.79 Å². The number of thiophene rings is 1. The van der Waals surface area contributed by atoms with E-state index in [0.717, 1.165) is 22.0 Å². The van der Waals surface area contributed by atoms with Gasteiger partial charge in [0, 0.05) is 11.3 Å². The Morgan fingerprint density at radius 2 is 2.10 bits per heavy atom. The van der Waals surface area contributed by atoms with Crippen LogP contribution in [0.3, 0.4) is 0 Å². The molecule has 0 fully saturated rings. The number of carbonyl (C=O) groups is 1. The van der Waals surface area contributed by atoms with Crippen LogP contribution in [0.2, 0.25) is 0 Å². The molecule has 29 heavy (non-hydrogen) atoms. The second kappa shape index (κ2) is 7.40. The van der Waals surface area contributed by atoms with Crippen LogP contribution in [0.25, 0.3) is 0 Å². The van der Waals surface area contributed by atoms with Gasteiger partial charge in [-0.3, -0.25) is 4.79 Å². The number of hydrazone groups is 1. The molecule has 2 aliphatic heterocycles. The van der Waals surface area contributed by atoms with Crippen molar-refractivity contribution in [3.05, 3.63) is 70.8 Å². The summed E-state index contributed by atoms with van der Waals surface area (Å²) in [6, 6.07) is 15.6. The smallest absolute Gasteiger partial charge is 0.262 e. The summed E-state index contributed by atoms with van der Waals surface area (Å²) in [7, 11) is 0. The molecule has 4 heterocycles. The van der Waals surface area contributed by atoms with E-state index in [9.17, 15) is 4.79 Å². The number of hydrogen-bond donors (Lipinski definition) is 0. The molecular weight excluding hydrogens is 386 g/mol. The molecule has 6 nitrogen and oxygen atoms in total. The average Bonchev–Trinajstić information content (AvgIpc) is 3.49. The van der Waals surface area contributed by atoms with E-state index in [-0.39, 0.29) is 24.5 Å². The first-order chi connectivity index (χ1) is 14.2. The monoisotopic (exact) mass is 407 g/mol. The quantitative estimate of drug-likeness (QED) is 0.647. The van der Waals surface area contributed by atoms with Gasteiger partial charge in [-0.05, 0) is 42.6 Å². The van der Waals surface area contributed by atoms with Crippen molar-refractivity contribution in [3.63, 3.8) is 0 Å². The minimum atomic E-state index is -0.103. The van der Waals surface area contributed by atoms with Gasteiger partial charge in [0.1, 0.15) is 23.8 Å². The van der Waals surface area contributed by atoms with Gasteiger partial charge >= 0.3 is 0 Å². The highest BCUT2D eigenvalue weighted by atomic mass is 32.1. The topological polar surface area (TPSA) is 58.3 Å². The third kappa shape index (κ3) is 3.31. The standard InChI is InChI=1S/C22H21N3O3S/c1-15-14-28-20-7-3-2-6-17(20)24(15)13-22(26)25-18(21-9-5-11-29-21)12-16(23-25)19-8-4-10-27-19/h2-11,15,18H,12-14H2,1H3/t15-,18+/m0/s1. The summed E-state index contributed by atoms with van der Waals surface area (Å²) in [5, 5.41) is 8.33. The van der Waals surface area contributed by atoms with Gasteiger partial charge < -0.3 is 14.1 Å². The number of ether oxygens (including phenoxy) is 1. The van der Waals surface area contributed by atoms with Crippen molar-refractivity contribution in [2.45, 2.75) is 25.4 Å². The number of hydrogen-bond acceptors (Lipinski definition) is 6. The van der Waals surface area contributed by atoms with Gasteiger partial charge in [0.15, 0.2) is 0 Å². The maximum absolute atomic E-state index is 13.4. The lowest BCUT2D eigenvalue weighted by Crippen LogP contribution is -2.46. The molecule has 0 N–H and O–H groups in total. The lowest BCUT2D eigenvalue weighted by Gasteiger charge is -2.37. The number of furan rings is 1. The van der Waals surface area contributed by atoms with Gasteiger partial charge in [-0.1, -0.05) is 18.2 Å². The molecule has 0 radical (unpaired) electrons. The molecular formula is C22H21N3O3S. The first-order valence-electron chi connectivity index (χ1n) is 9.66. The molecule has 2 atom stereocenters. The first kappa shape index (κ1) is 18.0. The Hall–Kier alpha value is -3.06. The Bertz CT molecular complexity index is 1030. The van der Waals surface area contributed by atoms with E-state index >= 15 is 0 Å². The minimum absolute atomic E-state index is 0.0338.